The highest BCUT2D eigenvalue weighted by atomic mass is 32.1. The number of rotatable bonds is 10. The molecule has 0 saturated heterocycles. The van der Waals surface area contributed by atoms with Gasteiger partial charge in [-0.15, -0.1) is 11.3 Å². The first-order chi connectivity index (χ1) is 20.4. The molecule has 0 spiro atoms. The van der Waals surface area contributed by atoms with Crippen LogP contribution in [0.3, 0.4) is 0 Å². The second-order valence-electron chi connectivity index (χ2n) is 10.2. The number of nitrogens with zero attached hydrogens (tertiary/aromatic N) is 2. The summed E-state index contributed by atoms with van der Waals surface area (Å²) in [6.45, 7) is 2.34. The van der Waals surface area contributed by atoms with E-state index < -0.39 is 58.8 Å². The SMILES string of the molecule is CC(C)(Oc1ccc(CCN(Cc2ccc(C(F)(F)F)cc2C(F)(F)F)c2nc(-c3ccc(F)c(F)c3)cs2)cc1)C(=O)O. The van der Waals surface area contributed by atoms with E-state index in [-0.39, 0.29) is 41.2 Å². The number of carboxylic acids is 1. The predicted octanol–water partition coefficient (Wildman–Crippen LogP) is 8.62. The Hall–Kier alpha value is -4.20. The van der Waals surface area contributed by atoms with Gasteiger partial charge in [0.15, 0.2) is 22.4 Å². The largest absolute Gasteiger partial charge is 0.478 e. The third-order valence-electron chi connectivity index (χ3n) is 6.56. The number of halogens is 8. The van der Waals surface area contributed by atoms with Crippen molar-refractivity contribution in [3.63, 3.8) is 0 Å². The van der Waals surface area contributed by atoms with Crippen molar-refractivity contribution >= 4 is 22.4 Å². The molecule has 4 rings (SSSR count). The number of hydrogen-bond donors (Lipinski definition) is 1. The third-order valence-corrected chi connectivity index (χ3v) is 7.46. The van der Waals surface area contributed by atoms with E-state index in [4.69, 9.17) is 4.74 Å². The predicted molar refractivity (Wildman–Crippen MR) is 147 cm³/mol. The summed E-state index contributed by atoms with van der Waals surface area (Å²) in [7, 11) is 0. The van der Waals surface area contributed by atoms with Crippen LogP contribution in [-0.4, -0.2) is 28.2 Å². The molecule has 0 atom stereocenters. The van der Waals surface area contributed by atoms with Gasteiger partial charge in [-0.25, -0.2) is 18.6 Å². The second kappa shape index (κ2) is 12.4. The maximum Gasteiger partial charge on any atom is 0.416 e. The van der Waals surface area contributed by atoms with Crippen molar-refractivity contribution < 1.29 is 49.8 Å². The number of ether oxygens (including phenoxy) is 1. The Bertz CT molecular complexity index is 1630. The van der Waals surface area contributed by atoms with Crippen molar-refractivity contribution in [1.82, 2.24) is 4.98 Å². The number of alkyl halides is 6. The van der Waals surface area contributed by atoms with E-state index in [0.717, 1.165) is 29.5 Å². The number of anilines is 1. The second-order valence-corrected chi connectivity index (χ2v) is 11.1. The Kier molecular flexibility index (Phi) is 9.24. The summed E-state index contributed by atoms with van der Waals surface area (Å²) in [5.41, 5.74) is -3.67. The number of benzene rings is 3. The number of aromatic nitrogens is 1. The lowest BCUT2D eigenvalue weighted by Gasteiger charge is -2.25. The number of aliphatic carboxylic acids is 1. The first-order valence-corrected chi connectivity index (χ1v) is 13.8. The van der Waals surface area contributed by atoms with Gasteiger partial charge < -0.3 is 14.7 Å². The number of hydrogen-bond acceptors (Lipinski definition) is 5. The van der Waals surface area contributed by atoms with Crippen molar-refractivity contribution in [3.8, 4) is 17.0 Å². The van der Waals surface area contributed by atoms with Gasteiger partial charge in [-0.3, -0.25) is 0 Å². The van der Waals surface area contributed by atoms with E-state index >= 15 is 0 Å². The van der Waals surface area contributed by atoms with Crippen molar-refractivity contribution in [2.24, 2.45) is 0 Å². The van der Waals surface area contributed by atoms with Gasteiger partial charge in [-0.2, -0.15) is 26.3 Å². The van der Waals surface area contributed by atoms with E-state index in [9.17, 15) is 45.0 Å². The minimum atomic E-state index is -5.08. The van der Waals surface area contributed by atoms with Crippen molar-refractivity contribution in [2.45, 2.75) is 44.8 Å². The van der Waals surface area contributed by atoms with Crippen LogP contribution >= 0.6 is 11.3 Å². The smallest absolute Gasteiger partial charge is 0.416 e. The molecular weight excluding hydrogens is 620 g/mol. The van der Waals surface area contributed by atoms with Crippen LogP contribution in [0.15, 0.2) is 66.0 Å². The van der Waals surface area contributed by atoms with Crippen LogP contribution in [0.5, 0.6) is 5.75 Å². The van der Waals surface area contributed by atoms with Crippen molar-refractivity contribution in [1.29, 1.82) is 0 Å². The van der Waals surface area contributed by atoms with Gasteiger partial charge in [0.1, 0.15) is 5.75 Å². The third kappa shape index (κ3) is 7.84. The van der Waals surface area contributed by atoms with Crippen LogP contribution < -0.4 is 9.64 Å². The molecule has 0 radical (unpaired) electrons. The van der Waals surface area contributed by atoms with Crippen molar-refractivity contribution in [2.75, 3.05) is 11.4 Å². The molecule has 44 heavy (non-hydrogen) atoms. The van der Waals surface area contributed by atoms with Crippen LogP contribution in [0.2, 0.25) is 0 Å². The molecule has 1 aromatic heterocycles. The van der Waals surface area contributed by atoms with Gasteiger partial charge >= 0.3 is 18.3 Å². The average molecular weight is 645 g/mol. The van der Waals surface area contributed by atoms with E-state index in [2.05, 4.69) is 4.98 Å². The van der Waals surface area contributed by atoms with Crippen molar-refractivity contribution in [3.05, 3.63) is 99.9 Å². The van der Waals surface area contributed by atoms with Crippen LogP contribution in [0.4, 0.5) is 40.3 Å². The lowest BCUT2D eigenvalue weighted by molar-refractivity contribution is -0.152. The highest BCUT2D eigenvalue weighted by Gasteiger charge is 2.38. The number of carboxylic acid groups (broad SMARTS) is 1. The van der Waals surface area contributed by atoms with E-state index in [0.29, 0.717) is 11.6 Å². The summed E-state index contributed by atoms with van der Waals surface area (Å²) < 4.78 is 114. The Morgan fingerprint density at radius 1 is 0.909 bits per heavy atom. The molecule has 0 amide bonds. The maximum atomic E-state index is 13.9. The summed E-state index contributed by atoms with van der Waals surface area (Å²) in [6, 6.07) is 10.9. The maximum absolute atomic E-state index is 13.9. The minimum absolute atomic E-state index is 0.0594. The van der Waals surface area contributed by atoms with E-state index in [1.807, 2.05) is 0 Å². The Labute approximate surface area is 250 Å². The van der Waals surface area contributed by atoms with Gasteiger partial charge in [-0.1, -0.05) is 18.2 Å². The molecule has 14 heteroatoms. The molecule has 1 N–H and O–H groups in total. The highest BCUT2D eigenvalue weighted by Crippen LogP contribution is 2.39. The fourth-order valence-corrected chi connectivity index (χ4v) is 4.99. The Morgan fingerprint density at radius 3 is 2.18 bits per heavy atom. The monoisotopic (exact) mass is 644 g/mol. The van der Waals surface area contributed by atoms with Crippen LogP contribution in [-0.2, 0) is 30.1 Å². The summed E-state index contributed by atoms with van der Waals surface area (Å²) in [4.78, 5) is 17.2. The first kappa shape index (κ1) is 32.7. The van der Waals surface area contributed by atoms with Gasteiger partial charge in [0.2, 0.25) is 0 Å². The van der Waals surface area contributed by atoms with E-state index in [1.165, 1.54) is 42.3 Å². The Morgan fingerprint density at radius 2 is 1.59 bits per heavy atom. The zero-order valence-corrected chi connectivity index (χ0v) is 23.9. The quantitative estimate of drug-likeness (QED) is 0.175. The lowest BCUT2D eigenvalue weighted by Crippen LogP contribution is -2.37. The first-order valence-electron chi connectivity index (χ1n) is 12.9. The van der Waals surface area contributed by atoms with Gasteiger partial charge in [0.25, 0.3) is 0 Å². The Balaban J connectivity index is 1.65. The summed E-state index contributed by atoms with van der Waals surface area (Å²) >= 11 is 1.01. The number of carbonyl (C=O) groups is 1. The zero-order valence-electron chi connectivity index (χ0n) is 23.1. The molecule has 0 fully saturated rings. The summed E-state index contributed by atoms with van der Waals surface area (Å²) in [5, 5.41) is 11.0. The molecule has 3 aromatic carbocycles. The molecule has 0 unspecified atom stereocenters. The molecule has 0 bridgehead atoms. The van der Waals surface area contributed by atoms with Crippen LogP contribution in [0.25, 0.3) is 11.3 Å². The van der Waals surface area contributed by atoms with E-state index in [1.54, 1.807) is 12.1 Å². The van der Waals surface area contributed by atoms with Gasteiger partial charge in [0.05, 0.1) is 16.8 Å². The molecule has 0 aliphatic carbocycles. The molecular formula is C30H24F8N2O3S. The standard InChI is InChI=1S/C30H24F8N2O3S/c1-28(2,26(41)42)43-21-8-3-17(4-9-21)11-12-40(27-39-25(16-44-27)18-6-10-23(31)24(32)13-18)15-19-5-7-20(29(33,34)35)14-22(19)30(36,37)38/h3-10,13-14,16H,11-12,15H2,1-2H3,(H,41,42). The molecule has 0 saturated carbocycles. The summed E-state index contributed by atoms with van der Waals surface area (Å²) in [5.74, 6) is -3.10. The van der Waals surface area contributed by atoms with Gasteiger partial charge in [-0.05, 0) is 73.9 Å². The molecule has 234 valence electrons. The van der Waals surface area contributed by atoms with Gasteiger partial charge in [0, 0.05) is 24.0 Å². The molecule has 1 heterocycles. The number of thiazole rings is 1. The molecule has 0 aliphatic rings. The molecule has 0 aliphatic heterocycles. The normalized spacial score (nSPS) is 12.3. The average Bonchev–Trinajstić information content (AvgIpc) is 3.42. The lowest BCUT2D eigenvalue weighted by atomic mass is 10.0. The van der Waals surface area contributed by atoms with Crippen LogP contribution in [0, 0.1) is 11.6 Å². The highest BCUT2D eigenvalue weighted by molar-refractivity contribution is 7.14. The fourth-order valence-electron chi connectivity index (χ4n) is 4.13. The topological polar surface area (TPSA) is 62.7 Å². The zero-order chi connectivity index (χ0) is 32.4. The fraction of sp³-hybridized carbons (Fsp3) is 0.267. The molecule has 5 nitrogen and oxygen atoms in total. The summed E-state index contributed by atoms with van der Waals surface area (Å²) in [6.07, 6.45) is -9.82. The van der Waals surface area contributed by atoms with Crippen LogP contribution in [0.1, 0.15) is 36.1 Å². The molecule has 4 aromatic rings. The minimum Gasteiger partial charge on any atom is -0.478 e.